The summed E-state index contributed by atoms with van der Waals surface area (Å²) in [6.45, 7) is 0.108. The first-order valence-electron chi connectivity index (χ1n) is 6.06. The second-order valence-electron chi connectivity index (χ2n) is 4.19. The van der Waals surface area contributed by atoms with Gasteiger partial charge in [0.2, 0.25) is 0 Å². The lowest BCUT2D eigenvalue weighted by Gasteiger charge is -2.16. The van der Waals surface area contributed by atoms with E-state index >= 15 is 0 Å². The van der Waals surface area contributed by atoms with E-state index in [9.17, 15) is 9.59 Å². The topological polar surface area (TPSA) is 107 Å². The van der Waals surface area contributed by atoms with Gasteiger partial charge in [0.05, 0.1) is 25.6 Å². The van der Waals surface area contributed by atoms with Crippen LogP contribution in [0.25, 0.3) is 0 Å². The fourth-order valence-electron chi connectivity index (χ4n) is 1.44. The Hall–Kier alpha value is -2.06. The van der Waals surface area contributed by atoms with Crippen molar-refractivity contribution in [2.24, 2.45) is 0 Å². The highest BCUT2D eigenvalue weighted by molar-refractivity contribution is 5.94. The van der Waals surface area contributed by atoms with Gasteiger partial charge >= 0.3 is 0 Å². The molecule has 0 spiro atoms. The van der Waals surface area contributed by atoms with Gasteiger partial charge < -0.3 is 20.0 Å². The molecule has 0 aliphatic heterocycles. The Morgan fingerprint density at radius 1 is 0.950 bits per heavy atom. The van der Waals surface area contributed by atoms with E-state index in [0.29, 0.717) is 0 Å². The van der Waals surface area contributed by atoms with Crippen LogP contribution in [-0.2, 0) is 0 Å². The fraction of sp³-hybridized carbons (Fsp3) is 0.500. The van der Waals surface area contributed by atoms with Gasteiger partial charge in [-0.3, -0.25) is 9.59 Å². The third-order valence-electron chi connectivity index (χ3n) is 2.65. The van der Waals surface area contributed by atoms with Gasteiger partial charge in [0.1, 0.15) is 11.4 Å². The first-order chi connectivity index (χ1) is 9.51. The third-order valence-corrected chi connectivity index (χ3v) is 2.65. The van der Waals surface area contributed by atoms with Crippen molar-refractivity contribution in [2.45, 2.75) is 0 Å². The molecular formula is C12H18N4O4. The molecule has 110 valence electrons. The van der Waals surface area contributed by atoms with E-state index in [0.717, 1.165) is 0 Å². The molecule has 0 fully saturated rings. The van der Waals surface area contributed by atoms with Crippen LogP contribution in [-0.4, -0.2) is 82.2 Å². The monoisotopic (exact) mass is 282 g/mol. The average molecular weight is 282 g/mol. The minimum Gasteiger partial charge on any atom is -0.395 e. The molecule has 0 saturated carbocycles. The van der Waals surface area contributed by atoms with Crippen LogP contribution in [0.3, 0.4) is 0 Å². The molecule has 2 amide bonds. The normalized spacial score (nSPS) is 10.2. The average Bonchev–Trinajstić information content (AvgIpc) is 2.46. The Bertz CT molecular complexity index is 420. The Kier molecular flexibility index (Phi) is 6.01. The van der Waals surface area contributed by atoms with Gasteiger partial charge in [0.15, 0.2) is 0 Å². The fourth-order valence-corrected chi connectivity index (χ4v) is 1.44. The van der Waals surface area contributed by atoms with Gasteiger partial charge in [-0.1, -0.05) is 0 Å². The molecule has 20 heavy (non-hydrogen) atoms. The molecule has 0 unspecified atom stereocenters. The summed E-state index contributed by atoms with van der Waals surface area (Å²) in [5, 5.41) is 17.5. The van der Waals surface area contributed by atoms with Crippen molar-refractivity contribution in [1.29, 1.82) is 0 Å². The summed E-state index contributed by atoms with van der Waals surface area (Å²) in [6.07, 6.45) is 2.44. The third kappa shape index (κ3) is 3.97. The van der Waals surface area contributed by atoms with Crippen molar-refractivity contribution in [3.8, 4) is 0 Å². The molecule has 0 aromatic carbocycles. The lowest BCUT2D eigenvalue weighted by molar-refractivity contribution is 0.0747. The van der Waals surface area contributed by atoms with Gasteiger partial charge in [-0.25, -0.2) is 9.97 Å². The zero-order valence-corrected chi connectivity index (χ0v) is 11.5. The Morgan fingerprint density at radius 2 is 1.30 bits per heavy atom. The van der Waals surface area contributed by atoms with E-state index in [-0.39, 0.29) is 49.5 Å². The van der Waals surface area contributed by atoms with Crippen LogP contribution in [0.5, 0.6) is 0 Å². The molecule has 0 aliphatic rings. The number of aliphatic hydroxyl groups is 2. The highest BCUT2D eigenvalue weighted by Crippen LogP contribution is 2.02. The largest absolute Gasteiger partial charge is 0.395 e. The maximum atomic E-state index is 11.8. The Morgan fingerprint density at radius 3 is 1.55 bits per heavy atom. The minimum absolute atomic E-state index is 0.0994. The number of nitrogens with zero attached hydrogens (tertiary/aromatic N) is 4. The molecule has 1 aromatic heterocycles. The summed E-state index contributed by atoms with van der Waals surface area (Å²) in [5.74, 6) is -0.761. The van der Waals surface area contributed by atoms with Crippen LogP contribution < -0.4 is 0 Å². The van der Waals surface area contributed by atoms with E-state index in [4.69, 9.17) is 10.2 Å². The molecule has 0 bridgehead atoms. The van der Waals surface area contributed by atoms with Gasteiger partial charge in [-0.2, -0.15) is 0 Å². The number of amides is 2. The van der Waals surface area contributed by atoms with Crippen molar-refractivity contribution in [3.63, 3.8) is 0 Å². The summed E-state index contributed by atoms with van der Waals surface area (Å²) in [5.41, 5.74) is 0.199. The smallest absolute Gasteiger partial charge is 0.273 e. The number of hydrogen-bond acceptors (Lipinski definition) is 6. The van der Waals surface area contributed by atoms with Crippen molar-refractivity contribution in [2.75, 3.05) is 40.4 Å². The van der Waals surface area contributed by atoms with Gasteiger partial charge in [0, 0.05) is 27.2 Å². The summed E-state index contributed by atoms with van der Waals surface area (Å²) < 4.78 is 0. The van der Waals surface area contributed by atoms with Gasteiger partial charge in [-0.15, -0.1) is 0 Å². The molecule has 0 saturated heterocycles. The van der Waals surface area contributed by atoms with E-state index in [2.05, 4.69) is 9.97 Å². The lowest BCUT2D eigenvalue weighted by atomic mass is 10.3. The maximum absolute atomic E-state index is 11.8. The Balaban J connectivity index is 2.78. The van der Waals surface area contributed by atoms with Crippen molar-refractivity contribution in [1.82, 2.24) is 19.8 Å². The molecule has 2 N–H and O–H groups in total. The molecule has 0 radical (unpaired) electrons. The second-order valence-corrected chi connectivity index (χ2v) is 4.19. The van der Waals surface area contributed by atoms with Crippen molar-refractivity contribution in [3.05, 3.63) is 23.8 Å². The van der Waals surface area contributed by atoms with E-state index in [1.165, 1.54) is 36.3 Å². The highest BCUT2D eigenvalue weighted by atomic mass is 16.3. The predicted octanol–water partition coefficient (Wildman–Crippen LogP) is -1.39. The summed E-state index contributed by atoms with van der Waals surface area (Å²) in [7, 11) is 3.07. The van der Waals surface area contributed by atoms with Crippen LogP contribution in [0.2, 0.25) is 0 Å². The van der Waals surface area contributed by atoms with Crippen LogP contribution in [0.4, 0.5) is 0 Å². The summed E-state index contributed by atoms with van der Waals surface area (Å²) in [6, 6.07) is 0. The summed E-state index contributed by atoms with van der Waals surface area (Å²) >= 11 is 0. The summed E-state index contributed by atoms with van der Waals surface area (Å²) in [4.78, 5) is 34.1. The standard InChI is InChI=1S/C12H18N4O4/c1-15(3-5-17)11(19)9-7-14-10(8-13-9)12(20)16(2)4-6-18/h7-8,17-18H,3-6H2,1-2H3. The first kappa shape index (κ1) is 16.0. The van der Waals surface area contributed by atoms with Crippen LogP contribution in [0.15, 0.2) is 12.4 Å². The van der Waals surface area contributed by atoms with Crippen molar-refractivity contribution >= 4 is 11.8 Å². The molecule has 1 aromatic rings. The minimum atomic E-state index is -0.380. The molecule has 8 nitrogen and oxygen atoms in total. The van der Waals surface area contributed by atoms with Crippen LogP contribution in [0, 0.1) is 0 Å². The second kappa shape index (κ2) is 7.51. The lowest BCUT2D eigenvalue weighted by Crippen LogP contribution is -2.32. The van der Waals surface area contributed by atoms with Crippen LogP contribution in [0.1, 0.15) is 21.0 Å². The van der Waals surface area contributed by atoms with Gasteiger partial charge in [0.25, 0.3) is 11.8 Å². The molecule has 1 rings (SSSR count). The molecule has 1 heterocycles. The number of carbonyl (C=O) groups is 2. The molecule has 0 atom stereocenters. The number of aromatic nitrogens is 2. The van der Waals surface area contributed by atoms with E-state index in [1.807, 2.05) is 0 Å². The number of rotatable bonds is 6. The maximum Gasteiger partial charge on any atom is 0.273 e. The van der Waals surface area contributed by atoms with Gasteiger partial charge in [-0.05, 0) is 0 Å². The number of likely N-dealkylation sites (N-methyl/N-ethyl adjacent to an activating group) is 2. The molecular weight excluding hydrogens is 264 g/mol. The zero-order chi connectivity index (χ0) is 15.1. The predicted molar refractivity (Wildman–Crippen MR) is 70.1 cm³/mol. The van der Waals surface area contributed by atoms with E-state index < -0.39 is 0 Å². The molecule has 0 aliphatic carbocycles. The zero-order valence-electron chi connectivity index (χ0n) is 11.5. The number of carbonyl (C=O) groups excluding carboxylic acids is 2. The van der Waals surface area contributed by atoms with E-state index in [1.54, 1.807) is 0 Å². The number of hydrogen-bond donors (Lipinski definition) is 2. The SMILES string of the molecule is CN(CCO)C(=O)c1cnc(C(=O)N(C)CCO)cn1. The quantitative estimate of drug-likeness (QED) is 0.665. The van der Waals surface area contributed by atoms with Crippen LogP contribution >= 0.6 is 0 Å². The molecule has 8 heteroatoms. The Labute approximate surface area is 116 Å². The first-order valence-corrected chi connectivity index (χ1v) is 6.06. The van der Waals surface area contributed by atoms with Crippen molar-refractivity contribution < 1.29 is 19.8 Å². The number of aliphatic hydroxyl groups excluding tert-OH is 2. The highest BCUT2D eigenvalue weighted by Gasteiger charge is 2.16.